The number of pyridine rings is 1. The Hall–Kier alpha value is -3.79. The Bertz CT molecular complexity index is 1520. The average molecular weight is 489 g/mol. The molecule has 10 heteroatoms. The van der Waals surface area contributed by atoms with E-state index in [2.05, 4.69) is 20.4 Å². The summed E-state index contributed by atoms with van der Waals surface area (Å²) in [7, 11) is 1.47. The van der Waals surface area contributed by atoms with E-state index in [1.54, 1.807) is 12.1 Å². The molecule has 0 amide bonds. The molecule has 0 saturated carbocycles. The Morgan fingerprint density at radius 2 is 1.83 bits per heavy atom. The first-order chi connectivity index (χ1) is 17.1. The van der Waals surface area contributed by atoms with Crippen molar-refractivity contribution in [3.8, 4) is 22.9 Å². The van der Waals surface area contributed by atoms with E-state index in [1.165, 1.54) is 18.0 Å². The van der Waals surface area contributed by atoms with Gasteiger partial charge in [0, 0.05) is 22.1 Å². The van der Waals surface area contributed by atoms with Crippen molar-refractivity contribution in [3.05, 3.63) is 95.7 Å². The molecule has 0 aliphatic rings. The molecule has 0 aliphatic heterocycles. The maximum absolute atomic E-state index is 11.5. The number of para-hydroxylation sites is 1. The molecule has 0 bridgehead atoms. The molecular weight excluding hydrogens is 469 g/mol. The van der Waals surface area contributed by atoms with E-state index in [0.29, 0.717) is 35.1 Å². The van der Waals surface area contributed by atoms with E-state index >= 15 is 0 Å². The third-order valence-electron chi connectivity index (χ3n) is 5.46. The average Bonchev–Trinajstić information content (AvgIpc) is 3.36. The molecule has 0 saturated heterocycles. The van der Waals surface area contributed by atoms with Gasteiger partial charge < -0.3 is 19.4 Å². The van der Waals surface area contributed by atoms with E-state index in [4.69, 9.17) is 9.47 Å². The molecule has 2 heterocycles. The molecule has 0 radical (unpaired) electrons. The molecule has 0 N–H and O–H groups in total. The van der Waals surface area contributed by atoms with Gasteiger partial charge in [-0.2, -0.15) is 4.80 Å². The summed E-state index contributed by atoms with van der Waals surface area (Å²) in [5.74, 6) is 0.121. The topological polar surface area (TPSA) is 115 Å². The number of tetrazole rings is 1. The van der Waals surface area contributed by atoms with Crippen LogP contribution in [-0.4, -0.2) is 38.3 Å². The Labute approximate surface area is 229 Å². The smallest absolute Gasteiger partial charge is 0.545 e. The number of carboxylic acid groups (broad SMARTS) is 1. The summed E-state index contributed by atoms with van der Waals surface area (Å²) >= 11 is 0. The zero-order chi connectivity index (χ0) is 24.2. The number of fused-ring (bicyclic) bond motifs is 1. The van der Waals surface area contributed by atoms with Crippen LogP contribution in [0.5, 0.6) is 11.5 Å². The number of hydrogen-bond acceptors (Lipinski definition) is 8. The summed E-state index contributed by atoms with van der Waals surface area (Å²) in [6.45, 7) is 0.373. The van der Waals surface area contributed by atoms with Crippen molar-refractivity contribution in [2.45, 2.75) is 13.2 Å². The Kier molecular flexibility index (Phi) is 7.94. The summed E-state index contributed by atoms with van der Waals surface area (Å²) < 4.78 is 11.2. The molecule has 0 fully saturated rings. The fourth-order valence-corrected chi connectivity index (χ4v) is 3.75. The number of benzene rings is 3. The first kappa shape index (κ1) is 25.3. The quantitative estimate of drug-likeness (QED) is 0.278. The van der Waals surface area contributed by atoms with Crippen molar-refractivity contribution in [3.63, 3.8) is 0 Å². The first-order valence-corrected chi connectivity index (χ1v) is 10.8. The SMILES string of the molecule is COc1cccc(C(=O)[O-])c1Cn1nnc(-c2cccc(OCc3ccc4ccccc4n3)c2)n1.[Na+]. The number of carbonyl (C=O) groups excluding carboxylic acids is 1. The number of nitrogens with zero attached hydrogens (tertiary/aromatic N) is 5. The van der Waals surface area contributed by atoms with Crippen LogP contribution in [0.2, 0.25) is 0 Å². The third-order valence-corrected chi connectivity index (χ3v) is 5.46. The molecule has 5 rings (SSSR count). The van der Waals surface area contributed by atoms with Crippen LogP contribution >= 0.6 is 0 Å². The molecule has 2 aromatic heterocycles. The third kappa shape index (κ3) is 5.54. The van der Waals surface area contributed by atoms with Gasteiger partial charge in [0.05, 0.1) is 30.8 Å². The monoisotopic (exact) mass is 489 g/mol. The second-order valence-corrected chi connectivity index (χ2v) is 7.73. The number of carbonyl (C=O) groups is 1. The van der Waals surface area contributed by atoms with Gasteiger partial charge in [0.2, 0.25) is 5.82 Å². The van der Waals surface area contributed by atoms with Crippen molar-refractivity contribution in [2.75, 3.05) is 7.11 Å². The Balaban J connectivity index is 0.00000304. The second-order valence-electron chi connectivity index (χ2n) is 7.73. The number of methoxy groups -OCH3 is 1. The molecule has 0 spiro atoms. The number of ether oxygens (including phenoxy) is 2. The number of aromatic carboxylic acids is 1. The molecule has 0 aliphatic carbocycles. The second kappa shape index (κ2) is 11.3. The predicted octanol–water partition coefficient (Wildman–Crippen LogP) is -0.108. The van der Waals surface area contributed by atoms with Gasteiger partial charge in [0.25, 0.3) is 0 Å². The van der Waals surface area contributed by atoms with Crippen LogP contribution < -0.4 is 44.1 Å². The van der Waals surface area contributed by atoms with E-state index in [-0.39, 0.29) is 41.7 Å². The summed E-state index contributed by atoms with van der Waals surface area (Å²) in [6.07, 6.45) is 0. The Morgan fingerprint density at radius 3 is 2.67 bits per heavy atom. The van der Waals surface area contributed by atoms with Gasteiger partial charge in [-0.1, -0.05) is 48.5 Å². The summed E-state index contributed by atoms with van der Waals surface area (Å²) in [4.78, 5) is 17.5. The zero-order valence-electron chi connectivity index (χ0n) is 19.8. The zero-order valence-corrected chi connectivity index (χ0v) is 21.8. The van der Waals surface area contributed by atoms with Gasteiger partial charge in [-0.25, -0.2) is 4.98 Å². The van der Waals surface area contributed by atoms with Gasteiger partial charge in [-0.3, -0.25) is 0 Å². The minimum absolute atomic E-state index is 0. The molecule has 0 unspecified atom stereocenters. The molecule has 9 nitrogen and oxygen atoms in total. The van der Waals surface area contributed by atoms with E-state index in [1.807, 2.05) is 60.7 Å². The van der Waals surface area contributed by atoms with Crippen LogP contribution in [0.1, 0.15) is 21.6 Å². The van der Waals surface area contributed by atoms with E-state index in [9.17, 15) is 9.90 Å². The number of rotatable bonds is 8. The standard InChI is InChI=1S/C26H21N5O4.Na/c1-34-24-11-5-9-21(26(32)33)22(24)15-31-29-25(28-30-31)18-7-4-8-20(14-18)35-16-19-13-12-17-6-2-3-10-23(17)27-19;/h2-14H,15-16H2,1H3,(H,32,33);/q;+1/p-1. The molecule has 3 aromatic carbocycles. The minimum Gasteiger partial charge on any atom is -0.545 e. The van der Waals surface area contributed by atoms with Crippen molar-refractivity contribution in [1.82, 2.24) is 25.2 Å². The fourth-order valence-electron chi connectivity index (χ4n) is 3.75. The van der Waals surface area contributed by atoms with Crippen molar-refractivity contribution < 1.29 is 48.9 Å². The van der Waals surface area contributed by atoms with Crippen LogP contribution in [0, 0.1) is 0 Å². The van der Waals surface area contributed by atoms with Crippen LogP contribution in [-0.2, 0) is 13.2 Å². The van der Waals surface area contributed by atoms with Crippen LogP contribution in [0.25, 0.3) is 22.3 Å². The molecular formula is C26H20N5NaO4. The van der Waals surface area contributed by atoms with Crippen molar-refractivity contribution >= 4 is 16.9 Å². The van der Waals surface area contributed by atoms with Gasteiger partial charge in [-0.15, -0.1) is 10.2 Å². The number of aromatic nitrogens is 5. The van der Waals surface area contributed by atoms with Crippen LogP contribution in [0.4, 0.5) is 0 Å². The molecule has 5 aromatic rings. The molecule has 174 valence electrons. The Morgan fingerprint density at radius 1 is 1.00 bits per heavy atom. The fraction of sp³-hybridized carbons (Fsp3) is 0.115. The molecule has 0 atom stereocenters. The van der Waals surface area contributed by atoms with Crippen LogP contribution in [0.3, 0.4) is 0 Å². The van der Waals surface area contributed by atoms with Gasteiger partial charge in [0.15, 0.2) is 0 Å². The minimum atomic E-state index is -1.30. The maximum Gasteiger partial charge on any atom is 1.00 e. The van der Waals surface area contributed by atoms with E-state index in [0.717, 1.165) is 16.6 Å². The molecule has 36 heavy (non-hydrogen) atoms. The van der Waals surface area contributed by atoms with Crippen LogP contribution in [0.15, 0.2) is 78.9 Å². The maximum atomic E-state index is 11.5. The van der Waals surface area contributed by atoms with E-state index < -0.39 is 5.97 Å². The van der Waals surface area contributed by atoms with Gasteiger partial charge in [0.1, 0.15) is 18.1 Å². The van der Waals surface area contributed by atoms with Crippen molar-refractivity contribution in [1.29, 1.82) is 0 Å². The van der Waals surface area contributed by atoms with Gasteiger partial charge in [-0.05, 0) is 35.5 Å². The summed E-state index contributed by atoms with van der Waals surface area (Å²) in [5.41, 5.74) is 2.86. The van der Waals surface area contributed by atoms with Gasteiger partial charge >= 0.3 is 29.6 Å². The summed E-state index contributed by atoms with van der Waals surface area (Å²) in [6, 6.07) is 23.9. The van der Waals surface area contributed by atoms with Crippen molar-refractivity contribution in [2.24, 2.45) is 0 Å². The normalized spacial score (nSPS) is 10.6. The summed E-state index contributed by atoms with van der Waals surface area (Å²) in [5, 5.41) is 25.2. The number of carboxylic acids is 1. The number of hydrogen-bond donors (Lipinski definition) is 0. The largest absolute Gasteiger partial charge is 1.00 e. The first-order valence-electron chi connectivity index (χ1n) is 10.8. The predicted molar refractivity (Wildman–Crippen MR) is 126 cm³/mol.